The van der Waals surface area contributed by atoms with Crippen molar-refractivity contribution in [1.29, 1.82) is 0 Å². The minimum Gasteiger partial charge on any atom is -0.465 e. The van der Waals surface area contributed by atoms with Crippen LogP contribution >= 0.6 is 11.3 Å². The highest BCUT2D eigenvalue weighted by Gasteiger charge is 2.09. The predicted molar refractivity (Wildman–Crippen MR) is 85.4 cm³/mol. The van der Waals surface area contributed by atoms with Crippen molar-refractivity contribution in [2.75, 3.05) is 12.4 Å². The van der Waals surface area contributed by atoms with Gasteiger partial charge in [-0.3, -0.25) is 4.79 Å². The largest absolute Gasteiger partial charge is 0.465 e. The third-order valence-corrected chi connectivity index (χ3v) is 3.97. The lowest BCUT2D eigenvalue weighted by Gasteiger charge is -2.06. The molecule has 0 fully saturated rings. The van der Waals surface area contributed by atoms with Crippen molar-refractivity contribution in [3.63, 3.8) is 0 Å². The Morgan fingerprint density at radius 3 is 2.55 bits per heavy atom. The van der Waals surface area contributed by atoms with Crippen LogP contribution in [0.5, 0.6) is 0 Å². The van der Waals surface area contributed by atoms with Gasteiger partial charge in [0.05, 0.1) is 28.4 Å². The van der Waals surface area contributed by atoms with Gasteiger partial charge >= 0.3 is 5.97 Å². The van der Waals surface area contributed by atoms with Gasteiger partial charge in [-0.1, -0.05) is 0 Å². The maximum atomic E-state index is 12.2. The number of ether oxygens (including phenoxy) is 1. The third kappa shape index (κ3) is 2.82. The summed E-state index contributed by atoms with van der Waals surface area (Å²) in [4.78, 5) is 27.8. The molecular weight excluding hydrogens is 300 g/mol. The summed E-state index contributed by atoms with van der Waals surface area (Å²) in [5.74, 6) is -0.674. The van der Waals surface area contributed by atoms with Gasteiger partial charge < -0.3 is 10.1 Å². The second kappa shape index (κ2) is 5.95. The molecule has 3 aromatic rings. The van der Waals surface area contributed by atoms with Crippen LogP contribution in [0.25, 0.3) is 10.2 Å². The lowest BCUT2D eigenvalue weighted by atomic mass is 10.1. The smallest absolute Gasteiger partial charge is 0.337 e. The molecule has 1 heterocycles. The Morgan fingerprint density at radius 1 is 1.09 bits per heavy atom. The Hall–Kier alpha value is -2.73. The van der Waals surface area contributed by atoms with E-state index in [0.717, 1.165) is 10.2 Å². The van der Waals surface area contributed by atoms with Crippen molar-refractivity contribution < 1.29 is 14.3 Å². The van der Waals surface area contributed by atoms with Gasteiger partial charge in [0, 0.05) is 11.3 Å². The highest BCUT2D eigenvalue weighted by Crippen LogP contribution is 2.21. The summed E-state index contributed by atoms with van der Waals surface area (Å²) < 4.78 is 5.69. The van der Waals surface area contributed by atoms with E-state index in [4.69, 9.17) is 0 Å². The minimum absolute atomic E-state index is 0.244. The first-order chi connectivity index (χ1) is 10.7. The number of aromatic nitrogens is 1. The summed E-state index contributed by atoms with van der Waals surface area (Å²) in [5, 5.41) is 2.81. The maximum Gasteiger partial charge on any atom is 0.337 e. The zero-order chi connectivity index (χ0) is 15.5. The summed E-state index contributed by atoms with van der Waals surface area (Å²) in [5.41, 5.74) is 4.17. The summed E-state index contributed by atoms with van der Waals surface area (Å²) in [6.45, 7) is 0. The molecule has 0 aliphatic heterocycles. The van der Waals surface area contributed by atoms with Gasteiger partial charge in [0.2, 0.25) is 0 Å². The molecule has 22 heavy (non-hydrogen) atoms. The summed E-state index contributed by atoms with van der Waals surface area (Å²) in [6, 6.07) is 11.9. The van der Waals surface area contributed by atoms with Crippen molar-refractivity contribution in [3.05, 3.63) is 59.1 Å². The zero-order valence-corrected chi connectivity index (χ0v) is 12.5. The van der Waals surface area contributed by atoms with Crippen molar-refractivity contribution in [2.45, 2.75) is 0 Å². The number of hydrogen-bond donors (Lipinski definition) is 1. The van der Waals surface area contributed by atoms with Gasteiger partial charge in [-0.25, -0.2) is 9.78 Å². The lowest BCUT2D eigenvalue weighted by molar-refractivity contribution is 0.0600. The molecule has 5 nitrogen and oxygen atoms in total. The van der Waals surface area contributed by atoms with Crippen LogP contribution < -0.4 is 5.32 Å². The van der Waals surface area contributed by atoms with Gasteiger partial charge in [-0.05, 0) is 42.5 Å². The van der Waals surface area contributed by atoms with Crippen LogP contribution in [-0.4, -0.2) is 24.0 Å². The zero-order valence-electron chi connectivity index (χ0n) is 11.7. The van der Waals surface area contributed by atoms with E-state index >= 15 is 0 Å². The Bertz CT molecular complexity index is 840. The van der Waals surface area contributed by atoms with Gasteiger partial charge in [0.25, 0.3) is 5.91 Å². The van der Waals surface area contributed by atoms with Gasteiger partial charge in [0.15, 0.2) is 0 Å². The first-order valence-corrected chi connectivity index (χ1v) is 7.38. The van der Waals surface area contributed by atoms with Crippen molar-refractivity contribution in [3.8, 4) is 0 Å². The Balaban J connectivity index is 1.77. The average molecular weight is 312 g/mol. The number of anilines is 1. The number of thiazole rings is 1. The number of carbonyl (C=O) groups excluding carboxylic acids is 2. The number of methoxy groups -OCH3 is 1. The summed E-state index contributed by atoms with van der Waals surface area (Å²) in [7, 11) is 1.32. The molecular formula is C16H12N2O3S. The number of nitrogens with zero attached hydrogens (tertiary/aromatic N) is 1. The molecule has 0 saturated heterocycles. The molecule has 1 amide bonds. The predicted octanol–water partition coefficient (Wildman–Crippen LogP) is 3.34. The van der Waals surface area contributed by atoms with E-state index in [1.807, 2.05) is 18.2 Å². The molecule has 0 aliphatic rings. The fourth-order valence-electron chi connectivity index (χ4n) is 2.01. The van der Waals surface area contributed by atoms with Gasteiger partial charge in [0.1, 0.15) is 0 Å². The van der Waals surface area contributed by atoms with E-state index in [1.54, 1.807) is 41.1 Å². The number of carbonyl (C=O) groups is 2. The number of hydrogen-bond acceptors (Lipinski definition) is 5. The molecule has 0 unspecified atom stereocenters. The van der Waals surface area contributed by atoms with E-state index < -0.39 is 5.97 Å². The number of esters is 1. The number of benzene rings is 2. The van der Waals surface area contributed by atoms with Gasteiger partial charge in [-0.15, -0.1) is 11.3 Å². The Morgan fingerprint density at radius 2 is 1.82 bits per heavy atom. The van der Waals surface area contributed by atoms with E-state index in [0.29, 0.717) is 16.8 Å². The van der Waals surface area contributed by atoms with Crippen LogP contribution in [0.1, 0.15) is 20.7 Å². The number of nitrogens with one attached hydrogen (secondary N) is 1. The second-order valence-corrected chi connectivity index (χ2v) is 5.44. The van der Waals surface area contributed by atoms with Crippen LogP contribution in [0.4, 0.5) is 5.69 Å². The topological polar surface area (TPSA) is 68.3 Å². The van der Waals surface area contributed by atoms with Gasteiger partial charge in [-0.2, -0.15) is 0 Å². The average Bonchev–Trinajstić information content (AvgIpc) is 3.02. The summed E-state index contributed by atoms with van der Waals surface area (Å²) >= 11 is 1.55. The van der Waals surface area contributed by atoms with Crippen LogP contribution in [-0.2, 0) is 4.74 Å². The molecule has 0 radical (unpaired) electrons. The van der Waals surface area contributed by atoms with Crippen molar-refractivity contribution in [1.82, 2.24) is 4.98 Å². The number of rotatable bonds is 3. The molecule has 2 aromatic carbocycles. The molecule has 0 aliphatic carbocycles. The SMILES string of the molecule is COC(=O)c1ccc(C(=O)Nc2ccc3scnc3c2)cc1. The van der Waals surface area contributed by atoms with Crippen LogP contribution in [0.15, 0.2) is 48.0 Å². The molecule has 1 N–H and O–H groups in total. The second-order valence-electron chi connectivity index (χ2n) is 4.56. The fourth-order valence-corrected chi connectivity index (χ4v) is 2.67. The summed E-state index contributed by atoms with van der Waals surface area (Å²) in [6.07, 6.45) is 0. The van der Waals surface area contributed by atoms with E-state index in [9.17, 15) is 9.59 Å². The molecule has 1 aromatic heterocycles. The molecule has 110 valence electrons. The Labute approximate surface area is 130 Å². The molecule has 3 rings (SSSR count). The monoisotopic (exact) mass is 312 g/mol. The highest BCUT2D eigenvalue weighted by atomic mass is 32.1. The van der Waals surface area contributed by atoms with Crippen LogP contribution in [0.2, 0.25) is 0 Å². The first-order valence-electron chi connectivity index (χ1n) is 6.50. The molecule has 0 atom stereocenters. The Kier molecular flexibility index (Phi) is 3.84. The normalized spacial score (nSPS) is 10.4. The molecule has 0 saturated carbocycles. The van der Waals surface area contributed by atoms with Crippen LogP contribution in [0.3, 0.4) is 0 Å². The molecule has 0 spiro atoms. The number of amides is 1. The first kappa shape index (κ1) is 14.2. The fraction of sp³-hybridized carbons (Fsp3) is 0.0625. The van der Waals surface area contributed by atoms with Crippen molar-refractivity contribution in [2.24, 2.45) is 0 Å². The lowest BCUT2D eigenvalue weighted by Crippen LogP contribution is -2.12. The maximum absolute atomic E-state index is 12.2. The third-order valence-electron chi connectivity index (χ3n) is 3.16. The van der Waals surface area contributed by atoms with E-state index in [1.165, 1.54) is 7.11 Å². The molecule has 0 bridgehead atoms. The standard InChI is InChI=1S/C16H12N2O3S/c1-21-16(20)11-4-2-10(3-5-11)15(19)18-12-6-7-14-13(8-12)17-9-22-14/h2-9H,1H3,(H,18,19). The number of fused-ring (bicyclic) bond motifs is 1. The van der Waals surface area contributed by atoms with E-state index in [2.05, 4.69) is 15.0 Å². The molecule has 6 heteroatoms. The van der Waals surface area contributed by atoms with Crippen LogP contribution in [0, 0.1) is 0 Å². The van der Waals surface area contributed by atoms with Crippen molar-refractivity contribution >= 4 is 39.1 Å². The van der Waals surface area contributed by atoms with E-state index in [-0.39, 0.29) is 5.91 Å². The highest BCUT2D eigenvalue weighted by molar-refractivity contribution is 7.16. The quantitative estimate of drug-likeness (QED) is 0.753. The minimum atomic E-state index is -0.430.